The van der Waals surface area contributed by atoms with E-state index in [-0.39, 0.29) is 13.0 Å². The lowest BCUT2D eigenvalue weighted by atomic mass is 9.97. The van der Waals surface area contributed by atoms with Gasteiger partial charge < -0.3 is 19.3 Å². The first-order valence-electron chi connectivity index (χ1n) is 11.5. The Kier molecular flexibility index (Phi) is 13.9. The number of ether oxygens (including phenoxy) is 3. The zero-order valence-electron chi connectivity index (χ0n) is 20.7. The Labute approximate surface area is 192 Å². The van der Waals surface area contributed by atoms with Crippen molar-refractivity contribution in [2.75, 3.05) is 13.4 Å². The number of esters is 3. The highest BCUT2D eigenvalue weighted by atomic mass is 16.7. The van der Waals surface area contributed by atoms with E-state index in [0.717, 1.165) is 38.5 Å². The maximum absolute atomic E-state index is 12.5. The fourth-order valence-electron chi connectivity index (χ4n) is 2.69. The third-order valence-electron chi connectivity index (χ3n) is 4.81. The van der Waals surface area contributed by atoms with Crippen LogP contribution in [0.3, 0.4) is 0 Å². The summed E-state index contributed by atoms with van der Waals surface area (Å²) in [6.45, 7) is 9.81. The molecule has 0 saturated heterocycles. The maximum atomic E-state index is 12.5. The minimum atomic E-state index is -0.761. The molecule has 0 aromatic rings. The lowest BCUT2D eigenvalue weighted by Gasteiger charge is -2.21. The van der Waals surface area contributed by atoms with Gasteiger partial charge in [-0.3, -0.25) is 19.2 Å². The molecule has 0 spiro atoms. The van der Waals surface area contributed by atoms with Crippen molar-refractivity contribution in [3.05, 3.63) is 0 Å². The predicted octanol–water partition coefficient (Wildman–Crippen LogP) is 4.88. The van der Waals surface area contributed by atoms with Gasteiger partial charge in [0, 0.05) is 6.42 Å². The van der Waals surface area contributed by atoms with Crippen molar-refractivity contribution in [3.63, 3.8) is 0 Å². The number of carboxylic acid groups (broad SMARTS) is 1. The molecule has 0 saturated carbocycles. The molecule has 0 radical (unpaired) electrons. The second kappa shape index (κ2) is 14.9. The van der Waals surface area contributed by atoms with E-state index in [4.69, 9.17) is 19.3 Å². The lowest BCUT2D eigenvalue weighted by molar-refractivity contribution is -0.177. The summed E-state index contributed by atoms with van der Waals surface area (Å²) in [5.41, 5.74) is -1.36. The minimum Gasteiger partial charge on any atom is -0.481 e. The predicted molar refractivity (Wildman–Crippen MR) is 120 cm³/mol. The molecule has 0 bridgehead atoms. The molecule has 0 aromatic carbocycles. The molecule has 0 aromatic heterocycles. The molecule has 0 rings (SSSR count). The molecule has 8 nitrogen and oxygen atoms in total. The van der Waals surface area contributed by atoms with Gasteiger partial charge in [-0.15, -0.1) is 0 Å². The first-order valence-corrected chi connectivity index (χ1v) is 11.5. The SMILES string of the molecule is CC(C)(C)C(=O)OCOC(=O)C(CCCCCCCCCC(=O)O)COC(=O)C(C)(C)C. The van der Waals surface area contributed by atoms with Gasteiger partial charge in [0.2, 0.25) is 6.79 Å². The van der Waals surface area contributed by atoms with E-state index >= 15 is 0 Å². The van der Waals surface area contributed by atoms with Crippen molar-refractivity contribution in [2.45, 2.75) is 99.3 Å². The summed E-state index contributed by atoms with van der Waals surface area (Å²) in [5.74, 6) is -2.80. The van der Waals surface area contributed by atoms with Crippen LogP contribution >= 0.6 is 0 Å². The van der Waals surface area contributed by atoms with Crippen LogP contribution in [0.15, 0.2) is 0 Å². The monoisotopic (exact) mass is 458 g/mol. The van der Waals surface area contributed by atoms with E-state index in [0.29, 0.717) is 12.8 Å². The third-order valence-corrected chi connectivity index (χ3v) is 4.81. The number of rotatable bonds is 15. The Hall–Kier alpha value is -2.12. The normalized spacial score (nSPS) is 12.7. The van der Waals surface area contributed by atoms with Gasteiger partial charge in [-0.2, -0.15) is 0 Å². The smallest absolute Gasteiger partial charge is 0.315 e. The Balaban J connectivity index is 4.45. The average molecular weight is 459 g/mol. The van der Waals surface area contributed by atoms with E-state index in [1.54, 1.807) is 41.5 Å². The number of carboxylic acids is 1. The van der Waals surface area contributed by atoms with Gasteiger partial charge in [0.25, 0.3) is 0 Å². The molecule has 32 heavy (non-hydrogen) atoms. The van der Waals surface area contributed by atoms with E-state index in [2.05, 4.69) is 0 Å². The van der Waals surface area contributed by atoms with Crippen molar-refractivity contribution < 1.29 is 38.5 Å². The highest BCUT2D eigenvalue weighted by Gasteiger charge is 2.28. The molecule has 1 atom stereocenters. The van der Waals surface area contributed by atoms with Gasteiger partial charge in [0.05, 0.1) is 16.7 Å². The van der Waals surface area contributed by atoms with Gasteiger partial charge in [-0.25, -0.2) is 0 Å². The third kappa shape index (κ3) is 14.8. The Morgan fingerprint density at radius 2 is 1.16 bits per heavy atom. The number of unbranched alkanes of at least 4 members (excludes halogenated alkanes) is 6. The van der Waals surface area contributed by atoms with Crippen molar-refractivity contribution in [3.8, 4) is 0 Å². The largest absolute Gasteiger partial charge is 0.481 e. The van der Waals surface area contributed by atoms with Crippen molar-refractivity contribution >= 4 is 23.9 Å². The Bertz CT molecular complexity index is 598. The number of hydrogen-bond donors (Lipinski definition) is 1. The second-order valence-corrected chi connectivity index (χ2v) is 10.2. The molecule has 0 fully saturated rings. The number of aliphatic carboxylic acids is 1. The van der Waals surface area contributed by atoms with Crippen molar-refractivity contribution in [2.24, 2.45) is 16.7 Å². The van der Waals surface area contributed by atoms with Crippen LogP contribution in [-0.4, -0.2) is 42.4 Å². The van der Waals surface area contributed by atoms with Crippen LogP contribution in [0.25, 0.3) is 0 Å². The van der Waals surface area contributed by atoms with Crippen LogP contribution in [0.4, 0.5) is 0 Å². The summed E-state index contributed by atoms with van der Waals surface area (Å²) in [5, 5.41) is 8.63. The fraction of sp³-hybridized carbons (Fsp3) is 0.833. The molecule has 0 aliphatic rings. The molecule has 1 unspecified atom stereocenters. The summed E-state index contributed by atoms with van der Waals surface area (Å²) in [4.78, 5) is 46.8. The van der Waals surface area contributed by atoms with E-state index < -0.39 is 47.4 Å². The molecule has 186 valence electrons. The van der Waals surface area contributed by atoms with Crippen LogP contribution in [0.5, 0.6) is 0 Å². The maximum Gasteiger partial charge on any atom is 0.315 e. The van der Waals surface area contributed by atoms with Crippen molar-refractivity contribution in [1.29, 1.82) is 0 Å². The Morgan fingerprint density at radius 3 is 1.66 bits per heavy atom. The minimum absolute atomic E-state index is 0.0721. The molecular weight excluding hydrogens is 416 g/mol. The number of hydrogen-bond acceptors (Lipinski definition) is 7. The first kappa shape index (κ1) is 29.9. The standard InChI is InChI=1S/C24H42O8/c1-23(2,3)21(28)30-16-18(20(27)31-17-32-22(29)24(4,5)6)14-12-10-8-7-9-11-13-15-19(25)26/h18H,7-17H2,1-6H3,(H,25,26). The highest BCUT2D eigenvalue weighted by Crippen LogP contribution is 2.20. The zero-order valence-corrected chi connectivity index (χ0v) is 20.7. The van der Waals surface area contributed by atoms with Crippen LogP contribution in [0, 0.1) is 16.7 Å². The first-order chi connectivity index (χ1) is 14.7. The fourth-order valence-corrected chi connectivity index (χ4v) is 2.69. The average Bonchev–Trinajstić information content (AvgIpc) is 2.66. The van der Waals surface area contributed by atoms with Gasteiger partial charge in [0.1, 0.15) is 6.61 Å². The zero-order chi connectivity index (χ0) is 24.8. The quantitative estimate of drug-likeness (QED) is 0.210. The van der Waals surface area contributed by atoms with E-state index in [1.165, 1.54) is 0 Å². The van der Waals surface area contributed by atoms with E-state index in [9.17, 15) is 19.2 Å². The summed E-state index contributed by atoms with van der Waals surface area (Å²) in [6, 6.07) is 0. The summed E-state index contributed by atoms with van der Waals surface area (Å²) in [6.07, 6.45) is 6.97. The van der Waals surface area contributed by atoms with Crippen LogP contribution < -0.4 is 0 Å². The highest BCUT2D eigenvalue weighted by molar-refractivity contribution is 5.77. The van der Waals surface area contributed by atoms with Gasteiger partial charge in [-0.05, 0) is 54.4 Å². The van der Waals surface area contributed by atoms with Crippen LogP contribution in [0.2, 0.25) is 0 Å². The Morgan fingerprint density at radius 1 is 0.688 bits per heavy atom. The molecular formula is C24H42O8. The summed E-state index contributed by atoms with van der Waals surface area (Å²) in [7, 11) is 0. The summed E-state index contributed by atoms with van der Waals surface area (Å²) >= 11 is 0. The van der Waals surface area contributed by atoms with Gasteiger partial charge in [-0.1, -0.05) is 38.5 Å². The number of carbonyl (C=O) groups excluding carboxylic acids is 3. The molecule has 1 N–H and O–H groups in total. The number of carbonyl (C=O) groups is 4. The molecule has 8 heteroatoms. The topological polar surface area (TPSA) is 116 Å². The van der Waals surface area contributed by atoms with Crippen LogP contribution in [0.1, 0.15) is 99.3 Å². The van der Waals surface area contributed by atoms with Crippen LogP contribution in [-0.2, 0) is 33.4 Å². The summed E-state index contributed by atoms with van der Waals surface area (Å²) < 4.78 is 15.4. The second-order valence-electron chi connectivity index (χ2n) is 10.2. The molecule has 0 heterocycles. The van der Waals surface area contributed by atoms with Gasteiger partial charge >= 0.3 is 23.9 Å². The molecule has 0 aliphatic heterocycles. The molecule has 0 aliphatic carbocycles. The lowest BCUT2D eigenvalue weighted by Crippen LogP contribution is -2.30. The van der Waals surface area contributed by atoms with E-state index in [1.807, 2.05) is 0 Å². The van der Waals surface area contributed by atoms with Gasteiger partial charge in [0.15, 0.2) is 0 Å². The van der Waals surface area contributed by atoms with Crippen molar-refractivity contribution in [1.82, 2.24) is 0 Å². The molecule has 0 amide bonds.